The monoisotopic (exact) mass is 291 g/mol. The molecule has 0 aliphatic carbocycles. The van der Waals surface area contributed by atoms with Gasteiger partial charge >= 0.3 is 0 Å². The Balaban J connectivity index is 2.23. The normalized spacial score (nSPS) is 12.4. The van der Waals surface area contributed by atoms with Crippen LogP contribution < -0.4 is 5.32 Å². The van der Waals surface area contributed by atoms with Gasteiger partial charge in [-0.2, -0.15) is 0 Å². The molecule has 0 amide bonds. The fraction of sp³-hybridized carbons (Fsp3) is 0.294. The van der Waals surface area contributed by atoms with E-state index in [1.165, 1.54) is 17.7 Å². The van der Waals surface area contributed by atoms with Gasteiger partial charge in [-0.25, -0.2) is 4.39 Å². The van der Waals surface area contributed by atoms with Crippen molar-refractivity contribution in [2.75, 3.05) is 5.32 Å². The van der Waals surface area contributed by atoms with Gasteiger partial charge in [0.1, 0.15) is 5.82 Å². The van der Waals surface area contributed by atoms with Crippen molar-refractivity contribution in [3.8, 4) is 0 Å². The maximum Gasteiger partial charge on any atom is 0.126 e. The Labute approximate surface area is 124 Å². The Morgan fingerprint density at radius 2 is 1.80 bits per heavy atom. The molecule has 0 heterocycles. The summed E-state index contributed by atoms with van der Waals surface area (Å²) in [6.07, 6.45) is 0.970. The molecule has 20 heavy (non-hydrogen) atoms. The zero-order chi connectivity index (χ0) is 14.5. The average molecular weight is 292 g/mol. The SMILES string of the molecule is CC(C)CC(Nc1cc(F)cc(Cl)c1)c1ccccc1. The van der Waals surface area contributed by atoms with Crippen LogP contribution in [0.5, 0.6) is 0 Å². The van der Waals surface area contributed by atoms with E-state index in [9.17, 15) is 4.39 Å². The van der Waals surface area contributed by atoms with E-state index >= 15 is 0 Å². The van der Waals surface area contributed by atoms with Gasteiger partial charge in [-0.15, -0.1) is 0 Å². The van der Waals surface area contributed by atoms with Crippen LogP contribution in [0.25, 0.3) is 0 Å². The Morgan fingerprint density at radius 3 is 2.40 bits per heavy atom. The molecule has 2 aromatic rings. The van der Waals surface area contributed by atoms with Gasteiger partial charge in [0, 0.05) is 10.7 Å². The smallest absolute Gasteiger partial charge is 0.126 e. The molecule has 0 aliphatic heterocycles. The average Bonchev–Trinajstić information content (AvgIpc) is 2.37. The predicted molar refractivity (Wildman–Crippen MR) is 83.7 cm³/mol. The second-order valence-electron chi connectivity index (χ2n) is 5.40. The highest BCUT2D eigenvalue weighted by molar-refractivity contribution is 6.30. The van der Waals surface area contributed by atoms with Gasteiger partial charge < -0.3 is 5.32 Å². The molecule has 3 heteroatoms. The summed E-state index contributed by atoms with van der Waals surface area (Å²) in [7, 11) is 0. The molecule has 1 N–H and O–H groups in total. The van der Waals surface area contributed by atoms with E-state index in [0.29, 0.717) is 16.6 Å². The minimum absolute atomic E-state index is 0.147. The number of hydrogen-bond donors (Lipinski definition) is 1. The Bertz CT molecular complexity index is 534. The fourth-order valence-electron chi connectivity index (χ4n) is 2.27. The van der Waals surface area contributed by atoms with Crippen molar-refractivity contribution in [3.05, 3.63) is 64.9 Å². The maximum atomic E-state index is 13.4. The molecule has 0 saturated heterocycles. The van der Waals surface area contributed by atoms with E-state index in [4.69, 9.17) is 11.6 Å². The lowest BCUT2D eigenvalue weighted by molar-refractivity contribution is 0.530. The second-order valence-corrected chi connectivity index (χ2v) is 5.83. The van der Waals surface area contributed by atoms with E-state index in [1.54, 1.807) is 6.07 Å². The summed E-state index contributed by atoms with van der Waals surface area (Å²) in [6, 6.07) is 14.9. The number of anilines is 1. The first-order valence-electron chi connectivity index (χ1n) is 6.82. The van der Waals surface area contributed by atoms with Crippen LogP contribution in [0.3, 0.4) is 0 Å². The molecular weight excluding hydrogens is 273 g/mol. The Kier molecular flexibility index (Phi) is 5.02. The van der Waals surface area contributed by atoms with Crippen molar-refractivity contribution in [1.29, 1.82) is 0 Å². The summed E-state index contributed by atoms with van der Waals surface area (Å²) in [5.74, 6) is 0.216. The number of nitrogens with one attached hydrogen (secondary N) is 1. The zero-order valence-corrected chi connectivity index (χ0v) is 12.5. The molecule has 1 unspecified atom stereocenters. The van der Waals surface area contributed by atoms with Crippen molar-refractivity contribution >= 4 is 17.3 Å². The summed E-state index contributed by atoms with van der Waals surface area (Å²) < 4.78 is 13.4. The van der Waals surface area contributed by atoms with Crippen LogP contribution in [0.2, 0.25) is 5.02 Å². The van der Waals surface area contributed by atoms with Gasteiger partial charge in [0.15, 0.2) is 0 Å². The van der Waals surface area contributed by atoms with E-state index in [0.717, 1.165) is 6.42 Å². The minimum Gasteiger partial charge on any atom is -0.378 e. The lowest BCUT2D eigenvalue weighted by atomic mass is 9.97. The lowest BCUT2D eigenvalue weighted by Gasteiger charge is -2.22. The van der Waals surface area contributed by atoms with Crippen LogP contribution in [0, 0.1) is 11.7 Å². The molecule has 0 spiro atoms. The Hall–Kier alpha value is -1.54. The molecular formula is C17H19ClFN. The van der Waals surface area contributed by atoms with Crippen LogP contribution in [0.15, 0.2) is 48.5 Å². The first-order valence-corrected chi connectivity index (χ1v) is 7.20. The van der Waals surface area contributed by atoms with E-state index < -0.39 is 0 Å². The molecule has 1 atom stereocenters. The minimum atomic E-state index is -0.323. The molecule has 0 saturated carbocycles. The molecule has 2 aromatic carbocycles. The third kappa shape index (κ3) is 4.24. The first kappa shape index (κ1) is 14.9. The molecule has 0 fully saturated rings. The molecule has 1 nitrogen and oxygen atoms in total. The molecule has 0 bridgehead atoms. The summed E-state index contributed by atoms with van der Waals surface area (Å²) in [6.45, 7) is 4.35. The van der Waals surface area contributed by atoms with Crippen LogP contribution in [0.1, 0.15) is 31.9 Å². The van der Waals surface area contributed by atoms with Crippen molar-refractivity contribution in [2.24, 2.45) is 5.92 Å². The van der Waals surface area contributed by atoms with Gasteiger partial charge in [0.05, 0.1) is 6.04 Å². The Morgan fingerprint density at radius 1 is 1.10 bits per heavy atom. The van der Waals surface area contributed by atoms with Gasteiger partial charge in [0.2, 0.25) is 0 Å². The van der Waals surface area contributed by atoms with Gasteiger partial charge in [0.25, 0.3) is 0 Å². The maximum absolute atomic E-state index is 13.4. The fourth-order valence-corrected chi connectivity index (χ4v) is 2.50. The van der Waals surface area contributed by atoms with E-state index in [2.05, 4.69) is 31.3 Å². The number of hydrogen-bond acceptors (Lipinski definition) is 1. The highest BCUT2D eigenvalue weighted by Gasteiger charge is 2.13. The van der Waals surface area contributed by atoms with E-state index in [1.807, 2.05) is 18.2 Å². The van der Waals surface area contributed by atoms with Crippen LogP contribution in [-0.4, -0.2) is 0 Å². The second kappa shape index (κ2) is 6.76. The number of halogens is 2. The molecule has 0 radical (unpaired) electrons. The molecule has 0 aromatic heterocycles. The van der Waals surface area contributed by atoms with Crippen LogP contribution >= 0.6 is 11.6 Å². The standard InChI is InChI=1S/C17H19ClFN/c1-12(2)8-17(13-6-4-3-5-7-13)20-16-10-14(18)9-15(19)11-16/h3-7,9-12,17,20H,8H2,1-2H3. The third-order valence-corrected chi connectivity index (χ3v) is 3.33. The molecule has 2 rings (SSSR count). The third-order valence-electron chi connectivity index (χ3n) is 3.11. The summed E-state index contributed by atoms with van der Waals surface area (Å²) in [5, 5.41) is 3.79. The predicted octanol–water partition coefficient (Wildman–Crippen LogP) is 5.68. The van der Waals surface area contributed by atoms with Crippen molar-refractivity contribution in [2.45, 2.75) is 26.3 Å². The van der Waals surface area contributed by atoms with Crippen molar-refractivity contribution in [1.82, 2.24) is 0 Å². The topological polar surface area (TPSA) is 12.0 Å². The van der Waals surface area contributed by atoms with Crippen LogP contribution in [0.4, 0.5) is 10.1 Å². The van der Waals surface area contributed by atoms with Crippen molar-refractivity contribution < 1.29 is 4.39 Å². The lowest BCUT2D eigenvalue weighted by Crippen LogP contribution is -2.13. The summed E-state index contributed by atoms with van der Waals surface area (Å²) in [4.78, 5) is 0. The molecule has 0 aliphatic rings. The van der Waals surface area contributed by atoms with Gasteiger partial charge in [-0.3, -0.25) is 0 Å². The zero-order valence-electron chi connectivity index (χ0n) is 11.7. The largest absolute Gasteiger partial charge is 0.378 e. The summed E-state index contributed by atoms with van der Waals surface area (Å²) in [5.41, 5.74) is 1.91. The van der Waals surface area contributed by atoms with Gasteiger partial charge in [-0.05, 0) is 36.1 Å². The summed E-state index contributed by atoms with van der Waals surface area (Å²) >= 11 is 5.91. The highest BCUT2D eigenvalue weighted by atomic mass is 35.5. The highest BCUT2D eigenvalue weighted by Crippen LogP contribution is 2.27. The van der Waals surface area contributed by atoms with Gasteiger partial charge in [-0.1, -0.05) is 55.8 Å². The number of rotatable bonds is 5. The van der Waals surface area contributed by atoms with Crippen molar-refractivity contribution in [3.63, 3.8) is 0 Å². The molecule has 106 valence electrons. The number of benzene rings is 2. The quantitative estimate of drug-likeness (QED) is 0.747. The van der Waals surface area contributed by atoms with E-state index in [-0.39, 0.29) is 11.9 Å². The van der Waals surface area contributed by atoms with Crippen LogP contribution in [-0.2, 0) is 0 Å². The first-order chi connectivity index (χ1) is 9.54.